The molecule has 0 spiro atoms. The van der Waals surface area contributed by atoms with Gasteiger partial charge < -0.3 is 14.4 Å². The van der Waals surface area contributed by atoms with Crippen molar-refractivity contribution >= 4 is 11.6 Å². The minimum Gasteiger partial charge on any atom is -0.493 e. The lowest BCUT2D eigenvalue weighted by Crippen LogP contribution is -2.39. The number of ether oxygens (including phenoxy) is 2. The topological polar surface area (TPSA) is 55.8 Å². The number of carbonyl (C=O) groups is 2. The van der Waals surface area contributed by atoms with Gasteiger partial charge in [-0.15, -0.1) is 0 Å². The summed E-state index contributed by atoms with van der Waals surface area (Å²) in [5.74, 6) is 0.637. The minimum absolute atomic E-state index is 0.137. The second-order valence-corrected chi connectivity index (χ2v) is 9.69. The van der Waals surface area contributed by atoms with E-state index in [0.29, 0.717) is 24.3 Å². The molecule has 0 amide bonds. The van der Waals surface area contributed by atoms with Gasteiger partial charge in [0.2, 0.25) is 0 Å². The van der Waals surface area contributed by atoms with Crippen molar-refractivity contribution in [3.63, 3.8) is 0 Å². The number of ketones is 2. The molecule has 1 heterocycles. The largest absolute Gasteiger partial charge is 0.493 e. The van der Waals surface area contributed by atoms with Gasteiger partial charge in [-0.3, -0.25) is 9.59 Å². The predicted molar refractivity (Wildman–Crippen MR) is 135 cm³/mol. The Bertz CT molecular complexity index is 1220. The van der Waals surface area contributed by atoms with Gasteiger partial charge in [-0.25, -0.2) is 4.39 Å². The fourth-order valence-electron chi connectivity index (χ4n) is 5.81. The van der Waals surface area contributed by atoms with Crippen molar-refractivity contribution < 1.29 is 23.5 Å². The molecule has 3 aliphatic rings. The van der Waals surface area contributed by atoms with Gasteiger partial charge in [-0.05, 0) is 67.5 Å². The molecule has 0 aromatic heterocycles. The van der Waals surface area contributed by atoms with Crippen LogP contribution >= 0.6 is 0 Å². The van der Waals surface area contributed by atoms with E-state index in [4.69, 9.17) is 9.47 Å². The SMILES string of the molecule is CCCN1C2=C(C(=O)CCC2)C(c2ccc(OCc3cccc(F)c3)c(OC)c2)C2=C1CCCC2=O. The molecule has 36 heavy (non-hydrogen) atoms. The molecule has 5 nitrogen and oxygen atoms in total. The number of carbonyl (C=O) groups excluding carboxylic acids is 2. The second-order valence-electron chi connectivity index (χ2n) is 9.69. The van der Waals surface area contributed by atoms with Crippen molar-refractivity contribution in [2.75, 3.05) is 13.7 Å². The van der Waals surface area contributed by atoms with Crippen molar-refractivity contribution in [2.24, 2.45) is 0 Å². The molecule has 0 bridgehead atoms. The molecule has 5 rings (SSSR count). The van der Waals surface area contributed by atoms with Crippen LogP contribution in [0, 0.1) is 5.82 Å². The molecule has 0 radical (unpaired) electrons. The molecule has 2 aromatic rings. The normalized spacial score (nSPS) is 18.4. The summed E-state index contributed by atoms with van der Waals surface area (Å²) in [6, 6.07) is 11.9. The summed E-state index contributed by atoms with van der Waals surface area (Å²) in [6.07, 6.45) is 5.37. The molecule has 0 saturated heterocycles. The van der Waals surface area contributed by atoms with E-state index in [2.05, 4.69) is 11.8 Å². The second kappa shape index (κ2) is 10.3. The zero-order chi connectivity index (χ0) is 25.2. The number of allylic oxidation sites excluding steroid dienone is 4. The average Bonchev–Trinajstić information content (AvgIpc) is 2.88. The summed E-state index contributed by atoms with van der Waals surface area (Å²) in [6.45, 7) is 3.15. The fraction of sp³-hybridized carbons (Fsp3) is 0.400. The average molecular weight is 490 g/mol. The molecule has 1 aliphatic heterocycles. The third kappa shape index (κ3) is 4.45. The van der Waals surface area contributed by atoms with Crippen molar-refractivity contribution in [3.05, 3.63) is 81.9 Å². The summed E-state index contributed by atoms with van der Waals surface area (Å²) in [5, 5.41) is 0. The van der Waals surface area contributed by atoms with Crippen LogP contribution in [0.1, 0.15) is 68.9 Å². The van der Waals surface area contributed by atoms with Gasteiger partial charge in [0.1, 0.15) is 12.4 Å². The standard InChI is InChI=1S/C30H32FNO4/c1-3-15-32-22-9-5-11-24(33)29(22)28(30-23(32)10-6-12-25(30)34)20-13-14-26(27(17-20)35-2)36-18-19-7-4-8-21(31)16-19/h4,7-8,13-14,16-17,28H,3,5-6,9-12,15,18H2,1-2H3. The van der Waals surface area contributed by atoms with Crippen molar-refractivity contribution in [1.82, 2.24) is 4.90 Å². The first-order valence-corrected chi connectivity index (χ1v) is 12.9. The maximum atomic E-state index is 13.6. The molecule has 188 valence electrons. The number of rotatable bonds is 7. The Morgan fingerprint density at radius 1 is 0.917 bits per heavy atom. The maximum absolute atomic E-state index is 13.6. The number of nitrogens with zero attached hydrogens (tertiary/aromatic N) is 1. The molecule has 0 saturated carbocycles. The van der Waals surface area contributed by atoms with Gasteiger partial charge >= 0.3 is 0 Å². The number of hydrogen-bond acceptors (Lipinski definition) is 5. The Kier molecular flexibility index (Phi) is 6.95. The van der Waals surface area contributed by atoms with Crippen LogP contribution in [-0.2, 0) is 16.2 Å². The third-order valence-electron chi connectivity index (χ3n) is 7.34. The van der Waals surface area contributed by atoms with E-state index in [9.17, 15) is 14.0 Å². The minimum atomic E-state index is -0.380. The van der Waals surface area contributed by atoms with Crippen molar-refractivity contribution in [1.29, 1.82) is 0 Å². The molecule has 0 unspecified atom stereocenters. The van der Waals surface area contributed by atoms with Gasteiger partial charge in [-0.2, -0.15) is 0 Å². The number of hydrogen-bond donors (Lipinski definition) is 0. The summed E-state index contributed by atoms with van der Waals surface area (Å²) in [7, 11) is 1.57. The Labute approximate surface area is 211 Å². The summed E-state index contributed by atoms with van der Waals surface area (Å²) >= 11 is 0. The van der Waals surface area contributed by atoms with Crippen molar-refractivity contribution in [3.8, 4) is 11.5 Å². The molecular formula is C30H32FNO4. The summed E-state index contributed by atoms with van der Waals surface area (Å²) < 4.78 is 25.2. The van der Waals surface area contributed by atoms with Crippen LogP contribution in [0.15, 0.2) is 65.0 Å². The van der Waals surface area contributed by atoms with Crippen LogP contribution in [0.3, 0.4) is 0 Å². The summed E-state index contributed by atoms with van der Waals surface area (Å²) in [5.41, 5.74) is 5.33. The van der Waals surface area contributed by atoms with Crippen LogP contribution in [-0.4, -0.2) is 30.1 Å². The fourth-order valence-corrected chi connectivity index (χ4v) is 5.81. The van der Waals surface area contributed by atoms with E-state index in [0.717, 1.165) is 72.3 Å². The highest BCUT2D eigenvalue weighted by molar-refractivity contribution is 6.06. The van der Waals surface area contributed by atoms with Gasteiger partial charge in [0.25, 0.3) is 0 Å². The highest BCUT2D eigenvalue weighted by Gasteiger charge is 2.43. The van der Waals surface area contributed by atoms with E-state index >= 15 is 0 Å². The number of halogens is 1. The molecule has 0 N–H and O–H groups in total. The molecule has 2 aromatic carbocycles. The lowest BCUT2D eigenvalue weighted by Gasteiger charge is -2.44. The van der Waals surface area contributed by atoms with Gasteiger partial charge in [-0.1, -0.05) is 25.1 Å². The van der Waals surface area contributed by atoms with Crippen LogP contribution in [0.4, 0.5) is 4.39 Å². The Morgan fingerprint density at radius 2 is 1.61 bits per heavy atom. The van der Waals surface area contributed by atoms with Crippen LogP contribution in [0.25, 0.3) is 0 Å². The number of benzene rings is 2. The zero-order valence-electron chi connectivity index (χ0n) is 20.9. The van der Waals surface area contributed by atoms with E-state index in [1.807, 2.05) is 18.2 Å². The first-order valence-electron chi connectivity index (χ1n) is 12.9. The Balaban J connectivity index is 1.55. The van der Waals surface area contributed by atoms with Gasteiger partial charge in [0, 0.05) is 47.8 Å². The van der Waals surface area contributed by atoms with Crippen LogP contribution < -0.4 is 9.47 Å². The van der Waals surface area contributed by atoms with Gasteiger partial charge in [0.15, 0.2) is 23.1 Å². The molecule has 2 aliphatic carbocycles. The Hall–Kier alpha value is -3.41. The highest BCUT2D eigenvalue weighted by atomic mass is 19.1. The lowest BCUT2D eigenvalue weighted by atomic mass is 9.71. The molecular weight excluding hydrogens is 457 g/mol. The third-order valence-corrected chi connectivity index (χ3v) is 7.34. The van der Waals surface area contributed by atoms with Crippen LogP contribution in [0.2, 0.25) is 0 Å². The predicted octanol–water partition coefficient (Wildman–Crippen LogP) is 6.24. The van der Waals surface area contributed by atoms with E-state index in [1.54, 1.807) is 19.2 Å². The Morgan fingerprint density at radius 3 is 2.22 bits per heavy atom. The highest BCUT2D eigenvalue weighted by Crippen LogP contribution is 2.50. The van der Waals surface area contributed by atoms with E-state index in [-0.39, 0.29) is 29.9 Å². The smallest absolute Gasteiger partial charge is 0.161 e. The maximum Gasteiger partial charge on any atom is 0.161 e. The lowest BCUT2D eigenvalue weighted by molar-refractivity contribution is -0.117. The number of methoxy groups -OCH3 is 1. The van der Waals surface area contributed by atoms with Gasteiger partial charge in [0.05, 0.1) is 7.11 Å². The van der Waals surface area contributed by atoms with Crippen LogP contribution in [0.5, 0.6) is 11.5 Å². The van der Waals surface area contributed by atoms with Crippen molar-refractivity contribution in [2.45, 2.75) is 64.4 Å². The quantitative estimate of drug-likeness (QED) is 0.461. The summed E-state index contributed by atoms with van der Waals surface area (Å²) in [4.78, 5) is 29.0. The first-order chi connectivity index (χ1) is 17.5. The molecule has 6 heteroatoms. The van der Waals surface area contributed by atoms with E-state index < -0.39 is 0 Å². The number of Topliss-reactive ketones (excluding diaryl/α,β-unsaturated/α-hetero) is 2. The monoisotopic (exact) mass is 489 g/mol. The first kappa shape index (κ1) is 24.3. The molecule has 0 fully saturated rings. The zero-order valence-corrected chi connectivity index (χ0v) is 20.9. The van der Waals surface area contributed by atoms with E-state index in [1.165, 1.54) is 12.1 Å². The molecule has 0 atom stereocenters.